The van der Waals surface area contributed by atoms with Gasteiger partial charge in [0, 0.05) is 33.2 Å². The zero-order valence-electron chi connectivity index (χ0n) is 32.8. The normalized spacial score (nSPS) is 11.7. The van der Waals surface area contributed by atoms with Crippen LogP contribution in [0, 0.1) is 0 Å². The summed E-state index contributed by atoms with van der Waals surface area (Å²) in [6, 6.07) is 84.4. The fraction of sp³-hybridized carbons (Fsp3) is 0. The lowest BCUT2D eigenvalue weighted by molar-refractivity contribution is 1.18. The number of aromatic nitrogens is 1. The summed E-state index contributed by atoms with van der Waals surface area (Å²) in [6.07, 6.45) is 0. The van der Waals surface area contributed by atoms with E-state index < -0.39 is 0 Å². The van der Waals surface area contributed by atoms with Crippen LogP contribution in [0.2, 0.25) is 0 Å². The van der Waals surface area contributed by atoms with E-state index in [4.69, 9.17) is 0 Å². The number of para-hydroxylation sites is 2. The van der Waals surface area contributed by atoms with Crippen molar-refractivity contribution in [3.8, 4) is 27.9 Å². The lowest BCUT2D eigenvalue weighted by Crippen LogP contribution is -2.11. The molecule has 12 aromatic rings. The SMILES string of the molecule is c1ccc(-c2c(-c3ccccc3)c3cc(N(c4ccc5c(c4)c4ccccc4n5-c4ccccc4)c4cccc5c4ccc4ccccc45)ccc3c3ccccc23)cc1. The molecule has 0 N–H and O–H groups in total. The van der Waals surface area contributed by atoms with Crippen LogP contribution >= 0.6 is 0 Å². The summed E-state index contributed by atoms with van der Waals surface area (Å²) in [5, 5.41) is 12.3. The Hall–Kier alpha value is -7.94. The van der Waals surface area contributed by atoms with Gasteiger partial charge in [-0.2, -0.15) is 0 Å². The Kier molecular flexibility index (Phi) is 7.89. The van der Waals surface area contributed by atoms with Crippen LogP contribution < -0.4 is 4.90 Å². The molecule has 2 heteroatoms. The minimum Gasteiger partial charge on any atom is -0.310 e. The average Bonchev–Trinajstić information content (AvgIpc) is 3.65. The highest BCUT2D eigenvalue weighted by Crippen LogP contribution is 2.48. The lowest BCUT2D eigenvalue weighted by atomic mass is 9.85. The van der Waals surface area contributed by atoms with Crippen LogP contribution in [-0.4, -0.2) is 4.57 Å². The Morgan fingerprint density at radius 2 is 0.783 bits per heavy atom. The van der Waals surface area contributed by atoms with Crippen molar-refractivity contribution in [2.75, 3.05) is 4.90 Å². The molecule has 1 aromatic heterocycles. The van der Waals surface area contributed by atoms with Gasteiger partial charge in [-0.05, 0) is 115 Å². The van der Waals surface area contributed by atoms with Crippen molar-refractivity contribution in [3.63, 3.8) is 0 Å². The molecule has 0 aliphatic carbocycles. The molecule has 0 bridgehead atoms. The van der Waals surface area contributed by atoms with Crippen molar-refractivity contribution in [3.05, 3.63) is 231 Å². The zero-order chi connectivity index (χ0) is 39.6. The molecule has 0 radical (unpaired) electrons. The zero-order valence-corrected chi connectivity index (χ0v) is 32.8. The topological polar surface area (TPSA) is 8.17 Å². The number of benzene rings is 11. The van der Waals surface area contributed by atoms with Gasteiger partial charge in [-0.15, -0.1) is 0 Å². The Morgan fingerprint density at radius 1 is 0.283 bits per heavy atom. The van der Waals surface area contributed by atoms with Crippen molar-refractivity contribution in [2.24, 2.45) is 0 Å². The highest BCUT2D eigenvalue weighted by molar-refractivity contribution is 6.23. The molecule has 2 nitrogen and oxygen atoms in total. The van der Waals surface area contributed by atoms with E-state index in [1.807, 2.05) is 0 Å². The number of fused-ring (bicyclic) bond motifs is 9. The second-order valence-electron chi connectivity index (χ2n) is 15.6. The third-order valence-electron chi connectivity index (χ3n) is 12.3. The van der Waals surface area contributed by atoms with Gasteiger partial charge in [0.15, 0.2) is 0 Å². The molecular formula is C58H38N2. The maximum atomic E-state index is 2.48. The first-order chi connectivity index (χ1) is 29.8. The molecule has 280 valence electrons. The molecule has 0 amide bonds. The largest absolute Gasteiger partial charge is 0.310 e. The molecule has 0 atom stereocenters. The van der Waals surface area contributed by atoms with Crippen LogP contribution in [0.15, 0.2) is 231 Å². The van der Waals surface area contributed by atoms with E-state index in [0.717, 1.165) is 22.7 Å². The highest BCUT2D eigenvalue weighted by Gasteiger charge is 2.23. The maximum absolute atomic E-state index is 2.48. The van der Waals surface area contributed by atoms with Crippen LogP contribution in [0.4, 0.5) is 17.1 Å². The molecule has 0 aliphatic rings. The van der Waals surface area contributed by atoms with Gasteiger partial charge >= 0.3 is 0 Å². The summed E-state index contributed by atoms with van der Waals surface area (Å²) in [6.45, 7) is 0. The van der Waals surface area contributed by atoms with E-state index in [2.05, 4.69) is 240 Å². The van der Waals surface area contributed by atoms with E-state index >= 15 is 0 Å². The van der Waals surface area contributed by atoms with Crippen molar-refractivity contribution in [1.82, 2.24) is 4.57 Å². The molecule has 0 fully saturated rings. The Bertz CT molecular complexity index is 3590. The highest BCUT2D eigenvalue weighted by atomic mass is 15.1. The number of nitrogens with zero attached hydrogens (tertiary/aromatic N) is 2. The minimum absolute atomic E-state index is 1.10. The van der Waals surface area contributed by atoms with Gasteiger partial charge in [0.2, 0.25) is 0 Å². The van der Waals surface area contributed by atoms with E-state index in [1.165, 1.54) is 87.1 Å². The predicted molar refractivity (Wildman–Crippen MR) is 256 cm³/mol. The van der Waals surface area contributed by atoms with Gasteiger partial charge in [0.25, 0.3) is 0 Å². The van der Waals surface area contributed by atoms with Gasteiger partial charge in [-0.1, -0.05) is 176 Å². The summed E-state index contributed by atoms with van der Waals surface area (Å²) < 4.78 is 2.39. The predicted octanol–water partition coefficient (Wildman–Crippen LogP) is 16.2. The molecule has 0 spiro atoms. The van der Waals surface area contributed by atoms with Gasteiger partial charge in [-0.3, -0.25) is 0 Å². The van der Waals surface area contributed by atoms with E-state index in [1.54, 1.807) is 0 Å². The Balaban J connectivity index is 1.19. The number of anilines is 3. The molecule has 0 unspecified atom stereocenters. The van der Waals surface area contributed by atoms with Crippen molar-refractivity contribution in [1.29, 1.82) is 0 Å². The molecule has 0 aliphatic heterocycles. The fourth-order valence-electron chi connectivity index (χ4n) is 9.73. The fourth-order valence-corrected chi connectivity index (χ4v) is 9.73. The quantitative estimate of drug-likeness (QED) is 0.153. The molecule has 0 saturated heterocycles. The van der Waals surface area contributed by atoms with Gasteiger partial charge in [-0.25, -0.2) is 0 Å². The third-order valence-corrected chi connectivity index (χ3v) is 12.3. The second-order valence-corrected chi connectivity index (χ2v) is 15.6. The van der Waals surface area contributed by atoms with Gasteiger partial charge in [0.1, 0.15) is 0 Å². The molecule has 12 rings (SSSR count). The Morgan fingerprint density at radius 3 is 1.53 bits per heavy atom. The first kappa shape index (κ1) is 34.1. The first-order valence-corrected chi connectivity index (χ1v) is 20.7. The monoisotopic (exact) mass is 762 g/mol. The Labute approximate surface area is 348 Å². The standard InChI is InChI=1S/C58H38N2/c1-4-18-40(19-5-1)57-51-27-13-12-25-47(51)48-35-32-43(38-53(48)58(57)41-20-6-2-7-21-41)59(54-30-16-28-46-45-24-11-10-17-39(45)31-34-50(46)54)44-33-36-56-52(37-44)49-26-14-15-29-55(49)60(56)42-22-8-3-9-23-42/h1-38H. The minimum atomic E-state index is 1.10. The van der Waals surface area contributed by atoms with Crippen LogP contribution in [-0.2, 0) is 0 Å². The van der Waals surface area contributed by atoms with Crippen molar-refractivity contribution in [2.45, 2.75) is 0 Å². The summed E-state index contributed by atoms with van der Waals surface area (Å²) in [4.78, 5) is 2.48. The number of rotatable bonds is 6. The van der Waals surface area contributed by atoms with E-state index in [9.17, 15) is 0 Å². The summed E-state index contributed by atoms with van der Waals surface area (Å²) in [5.74, 6) is 0. The average molecular weight is 763 g/mol. The molecule has 0 saturated carbocycles. The second kappa shape index (κ2) is 13.9. The smallest absolute Gasteiger partial charge is 0.0542 e. The van der Waals surface area contributed by atoms with E-state index in [0.29, 0.717) is 0 Å². The maximum Gasteiger partial charge on any atom is 0.0542 e. The molecule has 11 aromatic carbocycles. The molecular weight excluding hydrogens is 725 g/mol. The molecule has 60 heavy (non-hydrogen) atoms. The van der Waals surface area contributed by atoms with Crippen LogP contribution in [0.3, 0.4) is 0 Å². The first-order valence-electron chi connectivity index (χ1n) is 20.7. The number of hydrogen-bond donors (Lipinski definition) is 0. The number of hydrogen-bond acceptors (Lipinski definition) is 1. The van der Waals surface area contributed by atoms with Crippen molar-refractivity contribution >= 4 is 82.0 Å². The van der Waals surface area contributed by atoms with E-state index in [-0.39, 0.29) is 0 Å². The van der Waals surface area contributed by atoms with Crippen LogP contribution in [0.5, 0.6) is 0 Å². The van der Waals surface area contributed by atoms with Crippen LogP contribution in [0.25, 0.3) is 92.8 Å². The molecule has 1 heterocycles. The van der Waals surface area contributed by atoms with Crippen molar-refractivity contribution < 1.29 is 0 Å². The van der Waals surface area contributed by atoms with Crippen LogP contribution in [0.1, 0.15) is 0 Å². The summed E-state index contributed by atoms with van der Waals surface area (Å²) in [5.41, 5.74) is 11.7. The van der Waals surface area contributed by atoms with Gasteiger partial charge < -0.3 is 9.47 Å². The van der Waals surface area contributed by atoms with Gasteiger partial charge in [0.05, 0.1) is 16.7 Å². The summed E-state index contributed by atoms with van der Waals surface area (Å²) in [7, 11) is 0. The third kappa shape index (κ3) is 5.35. The summed E-state index contributed by atoms with van der Waals surface area (Å²) >= 11 is 0. The lowest BCUT2D eigenvalue weighted by Gasteiger charge is -2.28.